The fourth-order valence-corrected chi connectivity index (χ4v) is 4.14. The van der Waals surface area contributed by atoms with E-state index in [1.54, 1.807) is 0 Å². The van der Waals surface area contributed by atoms with E-state index >= 15 is 0 Å². The van der Waals surface area contributed by atoms with Crippen molar-refractivity contribution in [2.45, 2.75) is 26.9 Å². The number of thiazole rings is 1. The Kier molecular flexibility index (Phi) is 6.60. The molecule has 1 amide bonds. The molecule has 158 valence electrons. The van der Waals surface area contributed by atoms with E-state index in [0.29, 0.717) is 31.3 Å². The van der Waals surface area contributed by atoms with Crippen LogP contribution < -0.4 is 5.32 Å². The number of aryl methyl sites for hydroxylation is 3. The first-order valence-electron chi connectivity index (χ1n) is 9.46. The summed E-state index contributed by atoms with van der Waals surface area (Å²) in [6.07, 6.45) is -4.18. The van der Waals surface area contributed by atoms with Crippen LogP contribution in [0.1, 0.15) is 16.7 Å². The van der Waals surface area contributed by atoms with Gasteiger partial charge in [-0.15, -0.1) is 11.3 Å². The first-order valence-corrected chi connectivity index (χ1v) is 10.3. The first-order chi connectivity index (χ1) is 13.6. The maximum atomic E-state index is 12.5. The fraction of sp³-hybridized carbons (Fsp3) is 0.500. The predicted molar refractivity (Wildman–Crippen MR) is 109 cm³/mol. The van der Waals surface area contributed by atoms with Crippen LogP contribution in [0.25, 0.3) is 11.3 Å². The third-order valence-electron chi connectivity index (χ3n) is 5.10. The summed E-state index contributed by atoms with van der Waals surface area (Å²) in [5.41, 5.74) is 5.42. The van der Waals surface area contributed by atoms with Crippen LogP contribution in [0.2, 0.25) is 0 Å². The Morgan fingerprint density at radius 1 is 1.07 bits per heavy atom. The Bertz CT molecular complexity index is 873. The van der Waals surface area contributed by atoms with Crippen molar-refractivity contribution >= 4 is 22.4 Å². The Morgan fingerprint density at radius 2 is 1.69 bits per heavy atom. The highest BCUT2D eigenvalue weighted by atomic mass is 32.1. The molecule has 5 nitrogen and oxygen atoms in total. The van der Waals surface area contributed by atoms with Crippen LogP contribution in [0, 0.1) is 20.8 Å². The normalized spacial score (nSPS) is 16.2. The van der Waals surface area contributed by atoms with Gasteiger partial charge in [-0.25, -0.2) is 4.98 Å². The lowest BCUT2D eigenvalue weighted by atomic mass is 9.99. The zero-order valence-corrected chi connectivity index (χ0v) is 17.6. The van der Waals surface area contributed by atoms with Gasteiger partial charge in [-0.1, -0.05) is 6.07 Å². The molecule has 0 radical (unpaired) electrons. The number of anilines is 1. The Balaban J connectivity index is 1.53. The van der Waals surface area contributed by atoms with Gasteiger partial charge in [0.2, 0.25) is 5.91 Å². The lowest BCUT2D eigenvalue weighted by Gasteiger charge is -2.34. The van der Waals surface area contributed by atoms with Gasteiger partial charge >= 0.3 is 6.18 Å². The van der Waals surface area contributed by atoms with Crippen molar-refractivity contribution in [1.82, 2.24) is 14.8 Å². The number of nitrogens with one attached hydrogen (secondary N) is 1. The van der Waals surface area contributed by atoms with Crippen LogP contribution in [-0.4, -0.2) is 66.1 Å². The van der Waals surface area contributed by atoms with Crippen molar-refractivity contribution in [3.05, 3.63) is 34.2 Å². The number of amides is 1. The van der Waals surface area contributed by atoms with Crippen LogP contribution >= 0.6 is 11.3 Å². The summed E-state index contributed by atoms with van der Waals surface area (Å²) >= 11 is 1.37. The van der Waals surface area contributed by atoms with Gasteiger partial charge in [0.1, 0.15) is 0 Å². The molecule has 2 aromatic rings. The van der Waals surface area contributed by atoms with E-state index in [-0.39, 0.29) is 12.5 Å². The van der Waals surface area contributed by atoms with E-state index in [0.717, 1.165) is 16.8 Å². The van der Waals surface area contributed by atoms with Crippen LogP contribution in [0.15, 0.2) is 17.5 Å². The molecule has 0 aliphatic carbocycles. The molecule has 1 N–H and O–H groups in total. The van der Waals surface area contributed by atoms with Crippen LogP contribution in [-0.2, 0) is 4.79 Å². The van der Waals surface area contributed by atoms with E-state index in [1.807, 2.05) is 17.2 Å². The predicted octanol–water partition coefficient (Wildman–Crippen LogP) is 3.85. The number of halogens is 3. The lowest BCUT2D eigenvalue weighted by molar-refractivity contribution is -0.149. The number of carbonyl (C=O) groups is 1. The number of hydrogen-bond donors (Lipinski definition) is 1. The molecule has 0 saturated carbocycles. The topological polar surface area (TPSA) is 48.5 Å². The van der Waals surface area contributed by atoms with Crippen molar-refractivity contribution in [1.29, 1.82) is 0 Å². The van der Waals surface area contributed by atoms with Crippen molar-refractivity contribution in [2.75, 3.05) is 44.6 Å². The largest absolute Gasteiger partial charge is 0.401 e. The Morgan fingerprint density at radius 3 is 2.34 bits per heavy atom. The Labute approximate surface area is 172 Å². The monoisotopic (exact) mass is 426 g/mol. The zero-order chi connectivity index (χ0) is 21.2. The lowest BCUT2D eigenvalue weighted by Crippen LogP contribution is -2.50. The second kappa shape index (κ2) is 8.81. The standard InChI is InChI=1S/C20H25F3N4OS/c1-13-8-15(3)16(9-14(13)2)17-11-29-19(24-17)25-18(28)10-26-4-6-27(7-5-26)12-20(21,22)23/h8-9,11H,4-7,10,12H2,1-3H3,(H,24,25,28). The molecule has 1 fully saturated rings. The molecule has 2 heterocycles. The minimum atomic E-state index is -4.18. The number of aromatic nitrogens is 1. The molecule has 0 atom stereocenters. The molecule has 9 heteroatoms. The minimum absolute atomic E-state index is 0.150. The average Bonchev–Trinajstić information content (AvgIpc) is 3.06. The number of hydrogen-bond acceptors (Lipinski definition) is 5. The molecule has 1 aromatic carbocycles. The van der Waals surface area contributed by atoms with Crippen LogP contribution in [0.5, 0.6) is 0 Å². The van der Waals surface area contributed by atoms with Crippen molar-refractivity contribution < 1.29 is 18.0 Å². The SMILES string of the molecule is Cc1cc(C)c(-c2csc(NC(=O)CN3CCN(CC(F)(F)F)CC3)n2)cc1C. The summed E-state index contributed by atoms with van der Waals surface area (Å²) in [6, 6.07) is 4.23. The third kappa shape index (κ3) is 6.01. The van der Waals surface area contributed by atoms with Gasteiger partial charge in [-0.2, -0.15) is 13.2 Å². The average molecular weight is 427 g/mol. The van der Waals surface area contributed by atoms with Gasteiger partial charge in [0.15, 0.2) is 5.13 Å². The summed E-state index contributed by atoms with van der Waals surface area (Å²) in [6.45, 7) is 6.91. The van der Waals surface area contributed by atoms with Gasteiger partial charge in [0, 0.05) is 37.1 Å². The highest BCUT2D eigenvalue weighted by molar-refractivity contribution is 7.14. The number of alkyl halides is 3. The van der Waals surface area contributed by atoms with Gasteiger partial charge in [-0.3, -0.25) is 14.6 Å². The molecule has 0 unspecified atom stereocenters. The molecule has 29 heavy (non-hydrogen) atoms. The number of nitrogens with zero attached hydrogens (tertiary/aromatic N) is 3. The number of carbonyl (C=O) groups excluding carboxylic acids is 1. The van der Waals surface area contributed by atoms with Gasteiger partial charge in [0.25, 0.3) is 0 Å². The van der Waals surface area contributed by atoms with Gasteiger partial charge < -0.3 is 5.32 Å². The molecular weight excluding hydrogens is 401 g/mol. The van der Waals surface area contributed by atoms with Crippen molar-refractivity contribution in [2.24, 2.45) is 0 Å². The molecule has 0 bridgehead atoms. The summed E-state index contributed by atoms with van der Waals surface area (Å²) in [5, 5.41) is 5.25. The zero-order valence-electron chi connectivity index (χ0n) is 16.8. The van der Waals surface area contributed by atoms with Crippen molar-refractivity contribution in [3.63, 3.8) is 0 Å². The molecule has 1 saturated heterocycles. The van der Waals surface area contributed by atoms with E-state index in [9.17, 15) is 18.0 Å². The summed E-state index contributed by atoms with van der Waals surface area (Å²) in [5.74, 6) is -0.202. The smallest absolute Gasteiger partial charge is 0.301 e. The quantitative estimate of drug-likeness (QED) is 0.789. The summed E-state index contributed by atoms with van der Waals surface area (Å²) < 4.78 is 37.4. The highest BCUT2D eigenvalue weighted by Gasteiger charge is 2.32. The second-order valence-corrected chi connectivity index (χ2v) is 8.36. The van der Waals surface area contributed by atoms with Crippen LogP contribution in [0.3, 0.4) is 0 Å². The minimum Gasteiger partial charge on any atom is -0.301 e. The van der Waals surface area contributed by atoms with E-state index in [4.69, 9.17) is 0 Å². The number of piperazine rings is 1. The molecular formula is C20H25F3N4OS. The maximum Gasteiger partial charge on any atom is 0.401 e. The Hall–Kier alpha value is -1.97. The molecule has 0 spiro atoms. The third-order valence-corrected chi connectivity index (χ3v) is 5.86. The molecule has 1 aliphatic rings. The first kappa shape index (κ1) is 21.7. The summed E-state index contributed by atoms with van der Waals surface area (Å²) in [4.78, 5) is 20.1. The van der Waals surface area contributed by atoms with Crippen LogP contribution in [0.4, 0.5) is 18.3 Å². The second-order valence-electron chi connectivity index (χ2n) is 7.50. The number of benzene rings is 1. The maximum absolute atomic E-state index is 12.5. The van der Waals surface area contributed by atoms with Crippen molar-refractivity contribution in [3.8, 4) is 11.3 Å². The van der Waals surface area contributed by atoms with E-state index < -0.39 is 12.7 Å². The van der Waals surface area contributed by atoms with Gasteiger partial charge in [0.05, 0.1) is 18.8 Å². The molecule has 1 aromatic heterocycles. The number of rotatable bonds is 5. The summed E-state index contributed by atoms with van der Waals surface area (Å²) in [7, 11) is 0. The molecule has 3 rings (SSSR count). The van der Waals surface area contributed by atoms with Gasteiger partial charge in [-0.05, 0) is 43.5 Å². The highest BCUT2D eigenvalue weighted by Crippen LogP contribution is 2.29. The fourth-order valence-electron chi connectivity index (χ4n) is 3.41. The van der Waals surface area contributed by atoms with E-state index in [2.05, 4.69) is 36.3 Å². The van der Waals surface area contributed by atoms with E-state index in [1.165, 1.54) is 27.4 Å². The molecule has 1 aliphatic heterocycles.